The summed E-state index contributed by atoms with van der Waals surface area (Å²) in [5.41, 5.74) is 11.8. The first kappa shape index (κ1) is 24.2. The number of carbonyl (C=O) groups is 2. The Morgan fingerprint density at radius 2 is 1.80 bits per heavy atom. The van der Waals surface area contributed by atoms with Gasteiger partial charge in [-0.3, -0.25) is 9.78 Å². The highest BCUT2D eigenvalue weighted by Gasteiger charge is 2.20. The Morgan fingerprint density at radius 3 is 2.51 bits per heavy atom. The first-order valence-electron chi connectivity index (χ1n) is 11.5. The Hall–Kier alpha value is -3.97. The number of nitrogens with zero attached hydrogens (tertiary/aromatic N) is 1. The molecule has 0 aliphatic heterocycles. The Morgan fingerprint density at radius 1 is 1.03 bits per heavy atom. The molecule has 0 aliphatic carbocycles. The van der Waals surface area contributed by atoms with E-state index in [2.05, 4.69) is 10.3 Å². The van der Waals surface area contributed by atoms with Crippen LogP contribution < -0.4 is 16.6 Å². The minimum atomic E-state index is -0.503. The molecular weight excluding hydrogens is 437 g/mol. The second-order valence-corrected chi connectivity index (χ2v) is 8.75. The first-order chi connectivity index (χ1) is 16.9. The zero-order chi connectivity index (χ0) is 24.9. The predicted octanol–water partition coefficient (Wildman–Crippen LogP) is 3.15. The maximum Gasteiger partial charge on any atom is 0.338 e. The second-order valence-electron chi connectivity index (χ2n) is 8.75. The van der Waals surface area contributed by atoms with Gasteiger partial charge in [-0.1, -0.05) is 48.0 Å². The number of ether oxygens (including phenoxy) is 1. The Labute approximate surface area is 205 Å². The van der Waals surface area contributed by atoms with Gasteiger partial charge in [-0.15, -0.1) is 0 Å². The van der Waals surface area contributed by atoms with Crippen LogP contribution >= 0.6 is 0 Å². The number of nitrogens with two attached hydrogens (primary N) is 1. The Kier molecular flexibility index (Phi) is 7.27. The van der Waals surface area contributed by atoms with Gasteiger partial charge >= 0.3 is 5.97 Å². The third-order valence-corrected chi connectivity index (χ3v) is 6.14. The van der Waals surface area contributed by atoms with Gasteiger partial charge in [0, 0.05) is 24.0 Å². The van der Waals surface area contributed by atoms with Gasteiger partial charge in [0.15, 0.2) is 7.85 Å². The van der Waals surface area contributed by atoms with Gasteiger partial charge in [-0.05, 0) is 65.6 Å². The number of hydrogen-bond donors (Lipinski definition) is 2. The van der Waals surface area contributed by atoms with Crippen LogP contribution in [0.1, 0.15) is 38.5 Å². The van der Waals surface area contributed by atoms with Crippen molar-refractivity contribution in [3.05, 3.63) is 101 Å². The standard InChI is InChI=1S/C28H28BN3O3/c1-17-3-9-23(18(2)13-17)28(34)35-16-19-4-6-20(7-5-19)25(15-30)27(33)32-22-8-10-24-21(14-22)11-12-31-26(24)29/h3-14,25H,15-16,29-30H2,1-2H3,(H,32,33)/t25-/m1/s1. The second kappa shape index (κ2) is 10.5. The highest BCUT2D eigenvalue weighted by Crippen LogP contribution is 2.22. The minimum Gasteiger partial charge on any atom is -0.457 e. The van der Waals surface area contributed by atoms with Crippen LogP contribution in [0.15, 0.2) is 72.9 Å². The number of nitrogens with one attached hydrogen (secondary N) is 1. The maximum absolute atomic E-state index is 13.0. The Bertz CT molecular complexity index is 1390. The van der Waals surface area contributed by atoms with Crippen LogP contribution in [0.2, 0.25) is 0 Å². The molecular formula is C28H28BN3O3. The lowest BCUT2D eigenvalue weighted by Crippen LogP contribution is -2.27. The van der Waals surface area contributed by atoms with Crippen molar-refractivity contribution in [3.63, 3.8) is 0 Å². The molecule has 3 aromatic carbocycles. The molecule has 176 valence electrons. The maximum atomic E-state index is 13.0. The molecule has 0 bridgehead atoms. The molecule has 0 radical (unpaired) electrons. The minimum absolute atomic E-state index is 0.150. The number of anilines is 1. The summed E-state index contributed by atoms with van der Waals surface area (Å²) >= 11 is 0. The molecule has 0 saturated carbocycles. The van der Waals surface area contributed by atoms with Crippen LogP contribution in [0.4, 0.5) is 5.69 Å². The molecule has 7 heteroatoms. The molecule has 0 fully saturated rings. The molecule has 4 aromatic rings. The number of hydrogen-bond acceptors (Lipinski definition) is 5. The summed E-state index contributed by atoms with van der Waals surface area (Å²) in [7, 11) is 1.96. The highest BCUT2D eigenvalue weighted by molar-refractivity contribution is 6.37. The molecule has 0 aliphatic rings. The van der Waals surface area contributed by atoms with E-state index in [1.54, 1.807) is 12.3 Å². The van der Waals surface area contributed by atoms with Crippen molar-refractivity contribution in [2.24, 2.45) is 5.73 Å². The summed E-state index contributed by atoms with van der Waals surface area (Å²) in [5, 5.41) is 5.04. The van der Waals surface area contributed by atoms with Gasteiger partial charge in [0.2, 0.25) is 5.91 Å². The van der Waals surface area contributed by atoms with E-state index in [-0.39, 0.29) is 25.0 Å². The van der Waals surface area contributed by atoms with Gasteiger partial charge in [-0.25, -0.2) is 4.79 Å². The molecule has 1 aromatic heterocycles. The zero-order valence-electron chi connectivity index (χ0n) is 20.2. The lowest BCUT2D eigenvalue weighted by molar-refractivity contribution is -0.117. The van der Waals surface area contributed by atoms with E-state index in [0.29, 0.717) is 11.3 Å². The normalized spacial score (nSPS) is 11.7. The number of aryl methyl sites for hydroxylation is 2. The summed E-state index contributed by atoms with van der Waals surface area (Å²) in [6.45, 7) is 4.20. The molecule has 35 heavy (non-hydrogen) atoms. The van der Waals surface area contributed by atoms with Gasteiger partial charge < -0.3 is 15.8 Å². The summed E-state index contributed by atoms with van der Waals surface area (Å²) in [5.74, 6) is -1.03. The molecule has 1 heterocycles. The molecule has 1 amide bonds. The molecule has 0 unspecified atom stereocenters. The van der Waals surface area contributed by atoms with Crippen molar-refractivity contribution in [2.45, 2.75) is 26.4 Å². The van der Waals surface area contributed by atoms with Crippen molar-refractivity contribution in [2.75, 3.05) is 11.9 Å². The van der Waals surface area contributed by atoms with Crippen LogP contribution in [0.5, 0.6) is 0 Å². The third kappa shape index (κ3) is 5.58. The van der Waals surface area contributed by atoms with Gasteiger partial charge in [0.25, 0.3) is 0 Å². The lowest BCUT2D eigenvalue weighted by Gasteiger charge is -2.16. The van der Waals surface area contributed by atoms with Crippen LogP contribution in [-0.4, -0.2) is 31.3 Å². The number of pyridine rings is 1. The summed E-state index contributed by atoms with van der Waals surface area (Å²) < 4.78 is 5.48. The quantitative estimate of drug-likeness (QED) is 0.323. The monoisotopic (exact) mass is 465 g/mol. The van der Waals surface area contributed by atoms with Crippen LogP contribution in [0, 0.1) is 13.8 Å². The van der Waals surface area contributed by atoms with Crippen LogP contribution in [-0.2, 0) is 16.1 Å². The van der Waals surface area contributed by atoms with E-state index in [4.69, 9.17) is 10.5 Å². The van der Waals surface area contributed by atoms with Crippen LogP contribution in [0.25, 0.3) is 10.8 Å². The van der Waals surface area contributed by atoms with Crippen molar-refractivity contribution in [1.82, 2.24) is 4.98 Å². The molecule has 1 atom stereocenters. The van der Waals surface area contributed by atoms with Gasteiger partial charge in [0.05, 0.1) is 11.5 Å². The average molecular weight is 465 g/mol. The van der Waals surface area contributed by atoms with Crippen LogP contribution in [0.3, 0.4) is 0 Å². The Balaban J connectivity index is 1.40. The fourth-order valence-electron chi connectivity index (χ4n) is 4.15. The molecule has 0 saturated heterocycles. The SMILES string of the molecule is Bc1nccc2cc(NC(=O)[C@H](CN)c3ccc(COC(=O)c4ccc(C)cc4C)cc3)ccc12. The van der Waals surface area contributed by atoms with E-state index < -0.39 is 5.92 Å². The molecule has 4 rings (SSSR count). The lowest BCUT2D eigenvalue weighted by atomic mass is 9.95. The van der Waals surface area contributed by atoms with Crippen molar-refractivity contribution >= 4 is 41.8 Å². The summed E-state index contributed by atoms with van der Waals surface area (Å²) in [6.07, 6.45) is 1.76. The van der Waals surface area contributed by atoms with E-state index in [1.165, 1.54) is 0 Å². The van der Waals surface area contributed by atoms with E-state index in [0.717, 1.165) is 38.6 Å². The van der Waals surface area contributed by atoms with E-state index >= 15 is 0 Å². The van der Waals surface area contributed by atoms with Crippen molar-refractivity contribution in [1.29, 1.82) is 0 Å². The topological polar surface area (TPSA) is 94.3 Å². The fraction of sp³-hybridized carbons (Fsp3) is 0.179. The predicted molar refractivity (Wildman–Crippen MR) is 142 cm³/mol. The molecule has 0 spiro atoms. The van der Waals surface area contributed by atoms with Gasteiger partial charge in [-0.2, -0.15) is 0 Å². The number of amides is 1. The van der Waals surface area contributed by atoms with Gasteiger partial charge in [0.1, 0.15) is 6.61 Å². The zero-order valence-corrected chi connectivity index (χ0v) is 20.2. The largest absolute Gasteiger partial charge is 0.457 e. The number of carbonyl (C=O) groups excluding carboxylic acids is 2. The highest BCUT2D eigenvalue weighted by atomic mass is 16.5. The number of rotatable bonds is 7. The van der Waals surface area contributed by atoms with Crippen molar-refractivity contribution in [3.8, 4) is 0 Å². The number of benzene rings is 3. The molecule has 6 nitrogen and oxygen atoms in total. The third-order valence-electron chi connectivity index (χ3n) is 6.14. The molecule has 3 N–H and O–H groups in total. The number of esters is 1. The number of aromatic nitrogens is 1. The average Bonchev–Trinajstić information content (AvgIpc) is 2.84. The van der Waals surface area contributed by atoms with Crippen molar-refractivity contribution < 1.29 is 14.3 Å². The fourth-order valence-corrected chi connectivity index (χ4v) is 4.15. The first-order valence-corrected chi connectivity index (χ1v) is 11.5. The summed E-state index contributed by atoms with van der Waals surface area (Å²) in [4.78, 5) is 29.7. The summed E-state index contributed by atoms with van der Waals surface area (Å²) in [6, 6.07) is 20.7. The number of fused-ring (bicyclic) bond motifs is 1. The van der Waals surface area contributed by atoms with E-state index in [9.17, 15) is 9.59 Å². The smallest absolute Gasteiger partial charge is 0.338 e. The van der Waals surface area contributed by atoms with E-state index in [1.807, 2.05) is 82.4 Å².